The summed E-state index contributed by atoms with van der Waals surface area (Å²) in [5.41, 5.74) is -1.11. The third kappa shape index (κ3) is 10.9. The first kappa shape index (κ1) is 37.5. The number of nitrogens with one attached hydrogen (secondary N) is 3. The number of esters is 1. The van der Waals surface area contributed by atoms with Gasteiger partial charge in [0.15, 0.2) is 24.4 Å². The highest BCUT2D eigenvalue weighted by atomic mass is 19.4. The van der Waals surface area contributed by atoms with E-state index in [0.717, 1.165) is 17.7 Å². The summed E-state index contributed by atoms with van der Waals surface area (Å²) in [5, 5.41) is 8.70. The van der Waals surface area contributed by atoms with E-state index in [9.17, 15) is 27.6 Å². The average Bonchev–Trinajstić information content (AvgIpc) is 3.54. The number of nitrogens with zero attached hydrogens (tertiary/aromatic N) is 2. The van der Waals surface area contributed by atoms with Gasteiger partial charge in [0.25, 0.3) is 0 Å². The minimum Gasteiger partial charge on any atom is -0.464 e. The molecule has 3 N–H and O–H groups in total. The highest BCUT2D eigenvalue weighted by Crippen LogP contribution is 2.31. The van der Waals surface area contributed by atoms with Crippen LogP contribution < -0.4 is 16.0 Å². The van der Waals surface area contributed by atoms with Gasteiger partial charge in [-0.2, -0.15) is 13.2 Å². The Bertz CT molecular complexity index is 1570. The predicted molar refractivity (Wildman–Crippen MR) is 175 cm³/mol. The molecule has 4 rings (SSSR count). The zero-order valence-electron chi connectivity index (χ0n) is 28.5. The van der Waals surface area contributed by atoms with Crippen molar-refractivity contribution < 1.29 is 41.8 Å². The second-order valence-electron chi connectivity index (χ2n) is 13.3. The fourth-order valence-electron chi connectivity index (χ4n) is 5.08. The molecule has 1 saturated heterocycles. The van der Waals surface area contributed by atoms with Gasteiger partial charge in [-0.1, -0.05) is 42.5 Å². The van der Waals surface area contributed by atoms with E-state index in [2.05, 4.69) is 20.9 Å². The van der Waals surface area contributed by atoms with Crippen LogP contribution in [-0.4, -0.2) is 63.6 Å². The molecule has 0 saturated carbocycles. The van der Waals surface area contributed by atoms with Crippen LogP contribution in [0, 0.1) is 0 Å². The summed E-state index contributed by atoms with van der Waals surface area (Å²) < 4.78 is 57.4. The topological polar surface area (TPSA) is 136 Å². The molecule has 2 heterocycles. The first-order valence-electron chi connectivity index (χ1n) is 16.1. The molecule has 0 radical (unpaired) electrons. The van der Waals surface area contributed by atoms with E-state index in [1.54, 1.807) is 20.8 Å². The maximum atomic E-state index is 13.6. The number of hydrogen-bond acceptors (Lipinski definition) is 8. The summed E-state index contributed by atoms with van der Waals surface area (Å²) in [6.07, 6.45) is -1.33. The molecule has 1 aromatic heterocycles. The Balaban J connectivity index is 1.48. The van der Waals surface area contributed by atoms with Gasteiger partial charge in [-0.25, -0.2) is 9.78 Å². The third-order valence-electron chi connectivity index (χ3n) is 7.63. The Labute approximate surface area is 283 Å². The van der Waals surface area contributed by atoms with Gasteiger partial charge in [0.2, 0.25) is 11.8 Å². The molecular weight excluding hydrogens is 643 g/mol. The number of halogens is 3. The molecule has 49 heavy (non-hydrogen) atoms. The molecular formula is C35H44F3N5O6. The summed E-state index contributed by atoms with van der Waals surface area (Å²) in [4.78, 5) is 44.3. The quantitative estimate of drug-likeness (QED) is 0.144. The summed E-state index contributed by atoms with van der Waals surface area (Å²) in [7, 11) is 0. The number of anilines is 1. The van der Waals surface area contributed by atoms with Crippen molar-refractivity contribution in [1.82, 2.24) is 20.2 Å². The number of carbonyl (C=O) groups is 3. The lowest BCUT2D eigenvalue weighted by molar-refractivity contribution is -0.145. The van der Waals surface area contributed by atoms with E-state index in [1.807, 2.05) is 51.1 Å². The maximum absolute atomic E-state index is 13.6. The number of epoxide rings is 1. The third-order valence-corrected chi connectivity index (χ3v) is 7.63. The highest BCUT2D eigenvalue weighted by molar-refractivity contribution is 5.98. The molecule has 11 nitrogen and oxygen atoms in total. The van der Waals surface area contributed by atoms with Gasteiger partial charge in [0.1, 0.15) is 6.04 Å². The Kier molecular flexibility index (Phi) is 11.9. The van der Waals surface area contributed by atoms with Crippen molar-refractivity contribution in [2.45, 2.75) is 103 Å². The number of rotatable bonds is 15. The standard InChI is InChI=1S/C35H44F3N5O6/c1-7-47-30(45)27(23-16-18-24(19-17-23)35(36,37)38)43-20-26(39-21-43)41-28(44)25(15-11-14-22-12-9-8-10-13-22)40-32(46)34(5,6)42-29-31(48-29)49-33(2,3)4/h8-10,12-13,16-21,25,27,29,31,42H,7,11,14-15H2,1-6H3,(H,40,46)(H,41,44)/t25-,27?,29?,31?/m1/s1. The zero-order valence-corrected chi connectivity index (χ0v) is 28.5. The van der Waals surface area contributed by atoms with E-state index >= 15 is 0 Å². The van der Waals surface area contributed by atoms with Crippen LogP contribution in [0.25, 0.3) is 0 Å². The minimum atomic E-state index is -4.54. The predicted octanol–water partition coefficient (Wildman–Crippen LogP) is 5.37. The number of aryl methyl sites for hydroxylation is 1. The number of amides is 2. The van der Waals surface area contributed by atoms with Crippen molar-refractivity contribution in [3.63, 3.8) is 0 Å². The lowest BCUT2D eigenvalue weighted by Crippen LogP contribution is -2.58. The van der Waals surface area contributed by atoms with Crippen LogP contribution in [0.3, 0.4) is 0 Å². The second kappa shape index (κ2) is 15.5. The number of carbonyl (C=O) groups excluding carboxylic acids is 3. The highest BCUT2D eigenvalue weighted by Gasteiger charge is 2.47. The molecule has 1 aliphatic rings. The molecule has 4 atom stereocenters. The van der Waals surface area contributed by atoms with Crippen LogP contribution in [0.1, 0.15) is 77.1 Å². The van der Waals surface area contributed by atoms with Gasteiger partial charge in [-0.05, 0) is 84.1 Å². The second-order valence-corrected chi connectivity index (χ2v) is 13.3. The van der Waals surface area contributed by atoms with Gasteiger partial charge < -0.3 is 29.4 Å². The lowest BCUT2D eigenvalue weighted by Gasteiger charge is -2.28. The summed E-state index contributed by atoms with van der Waals surface area (Å²) >= 11 is 0. The number of alkyl halides is 3. The molecule has 266 valence electrons. The van der Waals surface area contributed by atoms with E-state index in [0.29, 0.717) is 19.3 Å². The van der Waals surface area contributed by atoms with Crippen LogP contribution in [0.15, 0.2) is 67.1 Å². The largest absolute Gasteiger partial charge is 0.464 e. The molecule has 0 spiro atoms. The van der Waals surface area contributed by atoms with Crippen molar-refractivity contribution >= 4 is 23.6 Å². The number of aromatic nitrogens is 2. The molecule has 1 fully saturated rings. The molecule has 3 aromatic rings. The van der Waals surface area contributed by atoms with Crippen LogP contribution in [-0.2, 0) is 41.2 Å². The smallest absolute Gasteiger partial charge is 0.416 e. The van der Waals surface area contributed by atoms with E-state index in [4.69, 9.17) is 14.2 Å². The van der Waals surface area contributed by atoms with Crippen molar-refractivity contribution in [1.29, 1.82) is 0 Å². The van der Waals surface area contributed by atoms with Gasteiger partial charge in [-0.15, -0.1) is 0 Å². The summed E-state index contributed by atoms with van der Waals surface area (Å²) in [5.74, 6) is -1.62. The Hall–Kier alpha value is -4.27. The van der Waals surface area contributed by atoms with Gasteiger partial charge in [0, 0.05) is 6.20 Å². The molecule has 14 heteroatoms. The minimum absolute atomic E-state index is 0.0426. The fourth-order valence-corrected chi connectivity index (χ4v) is 5.08. The van der Waals surface area contributed by atoms with Crippen molar-refractivity contribution in [3.05, 3.63) is 83.8 Å². The van der Waals surface area contributed by atoms with Crippen LogP contribution in [0.4, 0.5) is 19.0 Å². The van der Waals surface area contributed by atoms with Crippen molar-refractivity contribution in [3.8, 4) is 0 Å². The zero-order chi connectivity index (χ0) is 36.0. The molecule has 3 unspecified atom stereocenters. The number of imidazole rings is 1. The molecule has 2 aromatic carbocycles. The number of ether oxygens (including phenoxy) is 3. The van der Waals surface area contributed by atoms with Gasteiger partial charge >= 0.3 is 12.1 Å². The van der Waals surface area contributed by atoms with Crippen molar-refractivity contribution in [2.24, 2.45) is 0 Å². The molecule has 0 aliphatic carbocycles. The normalized spacial score (nSPS) is 17.6. The number of benzene rings is 2. The van der Waals surface area contributed by atoms with Gasteiger partial charge in [0.05, 0.1) is 29.6 Å². The molecule has 1 aliphatic heterocycles. The first-order chi connectivity index (χ1) is 23.0. The molecule has 0 bridgehead atoms. The Morgan fingerprint density at radius 3 is 2.29 bits per heavy atom. The maximum Gasteiger partial charge on any atom is 0.416 e. The van der Waals surface area contributed by atoms with E-state index in [1.165, 1.54) is 29.2 Å². The van der Waals surface area contributed by atoms with Crippen LogP contribution >= 0.6 is 0 Å². The monoisotopic (exact) mass is 687 g/mol. The Morgan fingerprint density at radius 2 is 1.67 bits per heavy atom. The lowest BCUT2D eigenvalue weighted by atomic mass is 10.0. The Morgan fingerprint density at radius 1 is 1.00 bits per heavy atom. The SMILES string of the molecule is CCOC(=O)C(c1ccc(C(F)(F)F)cc1)n1cnc(NC(=O)[C@@H](CCCc2ccccc2)NC(=O)C(C)(C)NC2OC2OC(C)(C)C)c1. The van der Waals surface area contributed by atoms with Crippen molar-refractivity contribution in [2.75, 3.05) is 11.9 Å². The van der Waals surface area contributed by atoms with Crippen LogP contribution in [0.5, 0.6) is 0 Å². The van der Waals surface area contributed by atoms with E-state index in [-0.39, 0.29) is 18.0 Å². The molecule has 2 amide bonds. The summed E-state index contributed by atoms with van der Waals surface area (Å²) in [6.45, 7) is 10.7. The summed E-state index contributed by atoms with van der Waals surface area (Å²) in [6, 6.07) is 11.8. The number of hydrogen-bond donors (Lipinski definition) is 3. The van der Waals surface area contributed by atoms with E-state index < -0.39 is 65.3 Å². The first-order valence-corrected chi connectivity index (χ1v) is 16.1. The average molecular weight is 688 g/mol. The fraction of sp³-hybridized carbons (Fsp3) is 0.486. The van der Waals surface area contributed by atoms with Crippen LogP contribution in [0.2, 0.25) is 0 Å². The van der Waals surface area contributed by atoms with Gasteiger partial charge in [-0.3, -0.25) is 14.9 Å².